The van der Waals surface area contributed by atoms with Gasteiger partial charge in [0.2, 0.25) is 0 Å². The fraction of sp³-hybridized carbons (Fsp3) is 0.0625. The fourth-order valence-electron chi connectivity index (χ4n) is 2.02. The van der Waals surface area contributed by atoms with Gasteiger partial charge in [-0.15, -0.1) is 0 Å². The minimum absolute atomic E-state index is 0.648. The van der Waals surface area contributed by atoms with Gasteiger partial charge in [0.1, 0.15) is 5.82 Å². The lowest BCUT2D eigenvalue weighted by atomic mass is 10.1. The van der Waals surface area contributed by atoms with Crippen LogP contribution in [0.2, 0.25) is 0 Å². The quantitative estimate of drug-likeness (QED) is 0.782. The van der Waals surface area contributed by atoms with Crippen LogP contribution in [0.1, 0.15) is 0 Å². The molecule has 2 heterocycles. The first-order chi connectivity index (χ1) is 10.3. The molecule has 3 rings (SSSR count). The maximum absolute atomic E-state index is 4.68. The predicted octanol–water partition coefficient (Wildman–Crippen LogP) is 4.01. The first-order valence-electron chi connectivity index (χ1n) is 6.50. The predicted molar refractivity (Wildman–Crippen MR) is 87.9 cm³/mol. The molecule has 0 aliphatic heterocycles. The number of rotatable bonds is 3. The van der Waals surface area contributed by atoms with E-state index in [9.17, 15) is 0 Å². The topological polar surface area (TPSA) is 50.7 Å². The summed E-state index contributed by atoms with van der Waals surface area (Å²) < 4.78 is 0.851. The first kappa shape index (κ1) is 13.7. The Hall–Kier alpha value is -2.27. The largest absolute Gasteiger partial charge is 0.372 e. The van der Waals surface area contributed by atoms with Crippen molar-refractivity contribution in [1.82, 2.24) is 15.0 Å². The molecular formula is C16H13BrN4. The Kier molecular flexibility index (Phi) is 3.92. The molecule has 0 saturated carbocycles. The second-order valence-corrected chi connectivity index (χ2v) is 5.21. The molecule has 0 unspecified atom stereocenters. The van der Waals surface area contributed by atoms with E-state index in [1.54, 1.807) is 12.4 Å². The lowest BCUT2D eigenvalue weighted by Gasteiger charge is -2.11. The Morgan fingerprint density at radius 1 is 0.952 bits per heavy atom. The van der Waals surface area contributed by atoms with Crippen LogP contribution in [0.4, 0.5) is 5.82 Å². The molecule has 0 radical (unpaired) electrons. The van der Waals surface area contributed by atoms with Gasteiger partial charge in [0.05, 0.1) is 10.2 Å². The molecule has 1 N–H and O–H groups in total. The summed E-state index contributed by atoms with van der Waals surface area (Å²) in [7, 11) is 1.84. The lowest BCUT2D eigenvalue weighted by molar-refractivity contribution is 1.15. The van der Waals surface area contributed by atoms with Gasteiger partial charge in [0.25, 0.3) is 0 Å². The van der Waals surface area contributed by atoms with Crippen LogP contribution < -0.4 is 5.32 Å². The third-order valence-electron chi connectivity index (χ3n) is 3.05. The summed E-state index contributed by atoms with van der Waals surface area (Å²) in [5, 5.41) is 3.10. The van der Waals surface area contributed by atoms with Crippen molar-refractivity contribution in [2.45, 2.75) is 0 Å². The molecule has 1 aromatic carbocycles. The number of hydrogen-bond donors (Lipinski definition) is 1. The third kappa shape index (κ3) is 2.78. The van der Waals surface area contributed by atoms with Gasteiger partial charge in [-0.1, -0.05) is 30.3 Å². The molecule has 0 atom stereocenters. The Morgan fingerprint density at radius 3 is 2.38 bits per heavy atom. The van der Waals surface area contributed by atoms with Gasteiger partial charge in [0, 0.05) is 30.6 Å². The van der Waals surface area contributed by atoms with Crippen molar-refractivity contribution in [2.75, 3.05) is 12.4 Å². The molecule has 104 valence electrons. The summed E-state index contributed by atoms with van der Waals surface area (Å²) >= 11 is 3.58. The highest BCUT2D eigenvalue weighted by Gasteiger charge is 2.14. The van der Waals surface area contributed by atoms with Crippen LogP contribution >= 0.6 is 15.9 Å². The maximum atomic E-state index is 4.68. The number of halogens is 1. The van der Waals surface area contributed by atoms with Crippen LogP contribution in [0.5, 0.6) is 0 Å². The van der Waals surface area contributed by atoms with Gasteiger partial charge < -0.3 is 5.32 Å². The minimum Gasteiger partial charge on any atom is -0.372 e. The van der Waals surface area contributed by atoms with Crippen LogP contribution in [0.25, 0.3) is 22.6 Å². The number of pyridine rings is 1. The second kappa shape index (κ2) is 6.01. The standard InChI is InChI=1S/C16H13BrN4/c1-18-16-13(17)14(11-6-3-2-4-7-11)20-15(21-16)12-8-5-9-19-10-12/h2-10H,1H3,(H,18,20,21). The summed E-state index contributed by atoms with van der Waals surface area (Å²) in [6.45, 7) is 0. The van der Waals surface area contributed by atoms with Gasteiger partial charge in [-0.25, -0.2) is 9.97 Å². The van der Waals surface area contributed by atoms with Crippen molar-refractivity contribution in [3.05, 3.63) is 59.3 Å². The molecule has 2 aromatic heterocycles. The zero-order valence-corrected chi connectivity index (χ0v) is 13.0. The van der Waals surface area contributed by atoms with E-state index in [1.807, 2.05) is 49.5 Å². The molecular weight excluding hydrogens is 328 g/mol. The van der Waals surface area contributed by atoms with Crippen molar-refractivity contribution in [1.29, 1.82) is 0 Å². The minimum atomic E-state index is 0.648. The Balaban J connectivity index is 2.21. The highest BCUT2D eigenvalue weighted by Crippen LogP contribution is 2.33. The Labute approximate surface area is 131 Å². The van der Waals surface area contributed by atoms with Gasteiger partial charge in [-0.05, 0) is 28.1 Å². The molecule has 5 heteroatoms. The molecule has 0 aliphatic carbocycles. The van der Waals surface area contributed by atoms with E-state index < -0.39 is 0 Å². The van der Waals surface area contributed by atoms with Crippen LogP contribution in [-0.2, 0) is 0 Å². The van der Waals surface area contributed by atoms with E-state index >= 15 is 0 Å². The highest BCUT2D eigenvalue weighted by atomic mass is 79.9. The van der Waals surface area contributed by atoms with E-state index in [1.165, 1.54) is 0 Å². The van der Waals surface area contributed by atoms with E-state index in [4.69, 9.17) is 0 Å². The average molecular weight is 341 g/mol. The summed E-state index contributed by atoms with van der Waals surface area (Å²) in [6, 6.07) is 13.9. The van der Waals surface area contributed by atoms with Crippen molar-refractivity contribution >= 4 is 21.7 Å². The number of anilines is 1. The molecule has 0 bridgehead atoms. The lowest BCUT2D eigenvalue weighted by Crippen LogP contribution is -2.01. The van der Waals surface area contributed by atoms with Gasteiger partial charge in [-0.2, -0.15) is 0 Å². The maximum Gasteiger partial charge on any atom is 0.163 e. The fourth-order valence-corrected chi connectivity index (χ4v) is 2.63. The Morgan fingerprint density at radius 2 is 1.71 bits per heavy atom. The normalized spacial score (nSPS) is 10.4. The number of nitrogens with one attached hydrogen (secondary N) is 1. The molecule has 21 heavy (non-hydrogen) atoms. The van der Waals surface area contributed by atoms with E-state index in [0.29, 0.717) is 5.82 Å². The van der Waals surface area contributed by atoms with Gasteiger partial charge >= 0.3 is 0 Å². The van der Waals surface area contributed by atoms with E-state index in [2.05, 4.69) is 36.2 Å². The number of nitrogens with zero attached hydrogens (tertiary/aromatic N) is 3. The SMILES string of the molecule is CNc1nc(-c2cccnc2)nc(-c2ccccc2)c1Br. The third-order valence-corrected chi connectivity index (χ3v) is 3.81. The van der Waals surface area contributed by atoms with Crippen LogP contribution in [-0.4, -0.2) is 22.0 Å². The molecule has 0 fully saturated rings. The van der Waals surface area contributed by atoms with Crippen molar-refractivity contribution in [3.63, 3.8) is 0 Å². The van der Waals surface area contributed by atoms with Crippen LogP contribution in [0.15, 0.2) is 59.3 Å². The number of aromatic nitrogens is 3. The Bertz CT molecular complexity index is 745. The van der Waals surface area contributed by atoms with Gasteiger partial charge in [0.15, 0.2) is 5.82 Å². The summed E-state index contributed by atoms with van der Waals surface area (Å²) in [4.78, 5) is 13.4. The van der Waals surface area contributed by atoms with Crippen molar-refractivity contribution < 1.29 is 0 Å². The molecule has 0 saturated heterocycles. The van der Waals surface area contributed by atoms with E-state index in [-0.39, 0.29) is 0 Å². The zero-order valence-electron chi connectivity index (χ0n) is 11.4. The number of hydrogen-bond acceptors (Lipinski definition) is 4. The summed E-state index contributed by atoms with van der Waals surface area (Å²) in [5.41, 5.74) is 2.78. The second-order valence-electron chi connectivity index (χ2n) is 4.42. The summed E-state index contributed by atoms with van der Waals surface area (Å²) in [6.07, 6.45) is 3.50. The molecule has 0 amide bonds. The van der Waals surface area contributed by atoms with Crippen molar-refractivity contribution in [3.8, 4) is 22.6 Å². The highest BCUT2D eigenvalue weighted by molar-refractivity contribution is 9.10. The average Bonchev–Trinajstić information content (AvgIpc) is 2.56. The zero-order chi connectivity index (χ0) is 14.7. The smallest absolute Gasteiger partial charge is 0.163 e. The van der Waals surface area contributed by atoms with Crippen LogP contribution in [0.3, 0.4) is 0 Å². The van der Waals surface area contributed by atoms with E-state index in [0.717, 1.165) is 27.1 Å². The number of benzene rings is 1. The van der Waals surface area contributed by atoms with Crippen LogP contribution in [0, 0.1) is 0 Å². The molecule has 0 aliphatic rings. The molecule has 4 nitrogen and oxygen atoms in total. The first-order valence-corrected chi connectivity index (χ1v) is 7.30. The monoisotopic (exact) mass is 340 g/mol. The molecule has 0 spiro atoms. The summed E-state index contributed by atoms with van der Waals surface area (Å²) in [5.74, 6) is 1.40. The van der Waals surface area contributed by atoms with Crippen molar-refractivity contribution in [2.24, 2.45) is 0 Å². The van der Waals surface area contributed by atoms with Gasteiger partial charge in [-0.3, -0.25) is 4.98 Å². The molecule has 3 aromatic rings.